The summed E-state index contributed by atoms with van der Waals surface area (Å²) >= 11 is 0. The van der Waals surface area contributed by atoms with Gasteiger partial charge in [-0.15, -0.1) is 0 Å². The number of amides is 3. The highest BCUT2D eigenvalue weighted by Crippen LogP contribution is 2.26. The Morgan fingerprint density at radius 2 is 1.72 bits per heavy atom. The van der Waals surface area contributed by atoms with Crippen LogP contribution in [0.25, 0.3) is 0 Å². The molecule has 0 aliphatic carbocycles. The molecular weight excluding hydrogens is 376 g/mol. The van der Waals surface area contributed by atoms with Gasteiger partial charge in [0.25, 0.3) is 11.8 Å². The average Bonchev–Trinajstić information content (AvgIpc) is 3.31. The molecular formula is C21H14N2O6. The number of hydrogen-bond acceptors (Lipinski definition) is 6. The molecule has 8 nitrogen and oxygen atoms in total. The molecule has 1 aliphatic rings. The van der Waals surface area contributed by atoms with E-state index in [1.165, 1.54) is 48.7 Å². The smallest absolute Gasteiger partial charge is 0.343 e. The van der Waals surface area contributed by atoms with Gasteiger partial charge in [0.05, 0.1) is 29.5 Å². The van der Waals surface area contributed by atoms with Gasteiger partial charge in [-0.3, -0.25) is 19.3 Å². The first kappa shape index (κ1) is 18.2. The number of esters is 1. The molecule has 0 saturated heterocycles. The fraction of sp³-hybridized carbons (Fsp3) is 0.0476. The van der Waals surface area contributed by atoms with Crippen molar-refractivity contribution in [2.45, 2.75) is 6.54 Å². The number of benzene rings is 2. The summed E-state index contributed by atoms with van der Waals surface area (Å²) in [6.07, 6.45) is 1.45. The van der Waals surface area contributed by atoms with Gasteiger partial charge in [-0.2, -0.15) is 0 Å². The zero-order chi connectivity index (χ0) is 20.5. The van der Waals surface area contributed by atoms with E-state index in [1.54, 1.807) is 12.1 Å². The first-order chi connectivity index (χ1) is 13.9. The number of nitrogens with two attached hydrogens (primary N) is 1. The Kier molecular flexibility index (Phi) is 4.44. The summed E-state index contributed by atoms with van der Waals surface area (Å²) in [5.74, 6) is -1.77. The van der Waals surface area contributed by atoms with Crippen molar-refractivity contribution >= 4 is 23.7 Å². The molecule has 0 fully saturated rings. The zero-order valence-corrected chi connectivity index (χ0v) is 15.0. The highest BCUT2D eigenvalue weighted by Gasteiger charge is 2.36. The van der Waals surface area contributed by atoms with Crippen LogP contribution in [-0.2, 0) is 6.54 Å². The normalized spacial score (nSPS) is 12.8. The Morgan fingerprint density at radius 1 is 0.931 bits per heavy atom. The number of imide groups is 1. The number of primary amides is 1. The summed E-state index contributed by atoms with van der Waals surface area (Å²) in [7, 11) is 0. The average molecular weight is 390 g/mol. The van der Waals surface area contributed by atoms with Crippen LogP contribution in [0.15, 0.2) is 65.3 Å². The van der Waals surface area contributed by atoms with E-state index >= 15 is 0 Å². The fourth-order valence-electron chi connectivity index (χ4n) is 3.00. The third-order valence-electron chi connectivity index (χ3n) is 4.43. The van der Waals surface area contributed by atoms with E-state index < -0.39 is 23.7 Å². The predicted molar refractivity (Wildman–Crippen MR) is 99.3 cm³/mol. The van der Waals surface area contributed by atoms with Crippen molar-refractivity contribution in [2.24, 2.45) is 5.73 Å². The lowest BCUT2D eigenvalue weighted by molar-refractivity contribution is 0.0630. The molecule has 0 bridgehead atoms. The number of rotatable bonds is 5. The third-order valence-corrected chi connectivity index (χ3v) is 4.43. The molecule has 3 aromatic rings. The third kappa shape index (κ3) is 3.39. The van der Waals surface area contributed by atoms with Crippen LogP contribution in [0.4, 0.5) is 0 Å². The molecule has 0 radical (unpaired) electrons. The van der Waals surface area contributed by atoms with Crippen molar-refractivity contribution in [2.75, 3.05) is 0 Å². The van der Waals surface area contributed by atoms with E-state index in [-0.39, 0.29) is 34.5 Å². The lowest BCUT2D eigenvalue weighted by atomic mass is 10.1. The predicted octanol–water partition coefficient (Wildman–Crippen LogP) is 2.39. The number of hydrogen-bond donors (Lipinski definition) is 1. The molecule has 0 unspecified atom stereocenters. The Morgan fingerprint density at radius 3 is 2.45 bits per heavy atom. The number of nitrogens with zero attached hydrogens (tertiary/aromatic N) is 1. The van der Waals surface area contributed by atoms with Crippen LogP contribution in [-0.4, -0.2) is 28.6 Å². The summed E-state index contributed by atoms with van der Waals surface area (Å²) in [5.41, 5.74) is 5.82. The van der Waals surface area contributed by atoms with Gasteiger partial charge < -0.3 is 14.9 Å². The lowest BCUT2D eigenvalue weighted by Crippen LogP contribution is -2.28. The van der Waals surface area contributed by atoms with Crippen LogP contribution in [0.3, 0.4) is 0 Å². The second-order valence-corrected chi connectivity index (χ2v) is 6.32. The van der Waals surface area contributed by atoms with Crippen molar-refractivity contribution in [1.29, 1.82) is 0 Å². The number of carbonyl (C=O) groups excluding carboxylic acids is 4. The van der Waals surface area contributed by atoms with E-state index in [1.807, 2.05) is 0 Å². The second-order valence-electron chi connectivity index (χ2n) is 6.32. The summed E-state index contributed by atoms with van der Waals surface area (Å²) in [6.45, 7) is -0.000956. The molecule has 0 saturated carbocycles. The maximum Gasteiger partial charge on any atom is 0.343 e. The number of ether oxygens (including phenoxy) is 1. The van der Waals surface area contributed by atoms with E-state index in [9.17, 15) is 19.2 Å². The minimum atomic E-state index is -0.737. The molecule has 4 rings (SSSR count). The van der Waals surface area contributed by atoms with Crippen molar-refractivity contribution in [3.8, 4) is 5.75 Å². The van der Waals surface area contributed by atoms with Crippen molar-refractivity contribution < 1.29 is 28.3 Å². The molecule has 144 valence electrons. The Balaban J connectivity index is 1.56. The SMILES string of the molecule is NC(=O)c1cccc(OC(=O)c2ccc3c(c2)C(=O)N(Cc2ccco2)C3=O)c1. The Hall–Kier alpha value is -4.20. The van der Waals surface area contributed by atoms with Crippen molar-refractivity contribution in [3.63, 3.8) is 0 Å². The van der Waals surface area contributed by atoms with Gasteiger partial charge >= 0.3 is 5.97 Å². The minimum Gasteiger partial charge on any atom is -0.467 e. The van der Waals surface area contributed by atoms with E-state index in [2.05, 4.69) is 0 Å². The van der Waals surface area contributed by atoms with Gasteiger partial charge in [0, 0.05) is 5.56 Å². The second kappa shape index (κ2) is 7.08. The van der Waals surface area contributed by atoms with Gasteiger partial charge in [-0.25, -0.2) is 4.79 Å². The Bertz CT molecular complexity index is 1150. The molecule has 0 spiro atoms. The van der Waals surface area contributed by atoms with Crippen molar-refractivity contribution in [1.82, 2.24) is 4.90 Å². The number of carbonyl (C=O) groups is 4. The highest BCUT2D eigenvalue weighted by molar-refractivity contribution is 6.21. The minimum absolute atomic E-state index is 0.000956. The molecule has 29 heavy (non-hydrogen) atoms. The quantitative estimate of drug-likeness (QED) is 0.406. The van der Waals surface area contributed by atoms with Crippen LogP contribution in [0.5, 0.6) is 5.75 Å². The van der Waals surface area contributed by atoms with Gasteiger partial charge in [-0.05, 0) is 48.5 Å². The largest absolute Gasteiger partial charge is 0.467 e. The summed E-state index contributed by atoms with van der Waals surface area (Å²) in [6, 6.07) is 13.3. The highest BCUT2D eigenvalue weighted by atomic mass is 16.5. The van der Waals surface area contributed by atoms with Gasteiger partial charge in [0.15, 0.2) is 0 Å². The van der Waals surface area contributed by atoms with Crippen molar-refractivity contribution in [3.05, 3.63) is 88.9 Å². The van der Waals surface area contributed by atoms with Gasteiger partial charge in [0.1, 0.15) is 11.5 Å². The Labute approximate surface area is 164 Å². The zero-order valence-electron chi connectivity index (χ0n) is 15.0. The standard InChI is InChI=1S/C21H14N2O6/c22-18(24)12-3-1-4-14(9-12)29-21(27)13-6-7-16-17(10-13)20(26)23(19(16)25)11-15-5-2-8-28-15/h1-10H,11H2,(H2,22,24). The first-order valence-corrected chi connectivity index (χ1v) is 8.58. The molecule has 2 aromatic carbocycles. The summed E-state index contributed by atoms with van der Waals surface area (Å²) in [4.78, 5) is 49.9. The molecule has 8 heteroatoms. The van der Waals surface area contributed by atoms with Crippen LogP contribution < -0.4 is 10.5 Å². The fourth-order valence-corrected chi connectivity index (χ4v) is 3.00. The van der Waals surface area contributed by atoms with Crippen LogP contribution in [0.1, 0.15) is 47.2 Å². The molecule has 2 heterocycles. The number of fused-ring (bicyclic) bond motifs is 1. The topological polar surface area (TPSA) is 120 Å². The molecule has 3 amide bonds. The van der Waals surface area contributed by atoms with Crippen LogP contribution >= 0.6 is 0 Å². The van der Waals surface area contributed by atoms with Crippen LogP contribution in [0.2, 0.25) is 0 Å². The molecule has 1 aromatic heterocycles. The molecule has 0 atom stereocenters. The maximum absolute atomic E-state index is 12.6. The van der Waals surface area contributed by atoms with Gasteiger partial charge in [-0.1, -0.05) is 6.07 Å². The number of furan rings is 1. The van der Waals surface area contributed by atoms with E-state index in [0.717, 1.165) is 4.90 Å². The molecule has 1 aliphatic heterocycles. The summed E-state index contributed by atoms with van der Waals surface area (Å²) in [5, 5.41) is 0. The van der Waals surface area contributed by atoms with E-state index in [4.69, 9.17) is 14.9 Å². The maximum atomic E-state index is 12.6. The summed E-state index contributed by atoms with van der Waals surface area (Å²) < 4.78 is 10.4. The van der Waals surface area contributed by atoms with E-state index in [0.29, 0.717) is 5.76 Å². The lowest BCUT2D eigenvalue weighted by Gasteiger charge is -2.11. The van der Waals surface area contributed by atoms with Gasteiger partial charge in [0.2, 0.25) is 5.91 Å². The molecule has 2 N–H and O–H groups in total. The van der Waals surface area contributed by atoms with Crippen LogP contribution in [0, 0.1) is 0 Å². The monoisotopic (exact) mass is 390 g/mol. The first-order valence-electron chi connectivity index (χ1n) is 8.58.